The van der Waals surface area contributed by atoms with Crippen LogP contribution in [-0.4, -0.2) is 65.3 Å². The zero-order valence-electron chi connectivity index (χ0n) is 24.0. The molecule has 3 unspecified atom stereocenters. The van der Waals surface area contributed by atoms with Crippen LogP contribution in [0.1, 0.15) is 81.1 Å². The minimum atomic E-state index is -1.36. The van der Waals surface area contributed by atoms with Gasteiger partial charge in [0.25, 0.3) is 5.91 Å². The van der Waals surface area contributed by atoms with Crippen molar-refractivity contribution in [3.63, 3.8) is 0 Å². The summed E-state index contributed by atoms with van der Waals surface area (Å²) in [4.78, 5) is 85.6. The Hall–Kier alpha value is -3.71. The van der Waals surface area contributed by atoms with Gasteiger partial charge in [-0.15, -0.1) is 0 Å². The van der Waals surface area contributed by atoms with E-state index in [2.05, 4.69) is 10.6 Å². The molecule has 0 aromatic rings. The lowest BCUT2D eigenvalue weighted by molar-refractivity contribution is -0.157. The molecule has 5 amide bonds. The van der Waals surface area contributed by atoms with Crippen LogP contribution in [-0.2, 0) is 38.2 Å². The maximum absolute atomic E-state index is 13.2. The Morgan fingerprint density at radius 1 is 0.795 bits per heavy atom. The van der Waals surface area contributed by atoms with Crippen LogP contribution in [0.25, 0.3) is 0 Å². The third kappa shape index (κ3) is 16.7. The number of hydrogen-bond donors (Lipinski definition) is 5. The lowest BCUT2D eigenvalue weighted by atomic mass is 9.94. The molecule has 14 nitrogen and oxygen atoms in total. The average Bonchev–Trinajstić information content (AvgIpc) is 2.75. The maximum atomic E-state index is 13.2. The smallest absolute Gasteiger partial charge is 0.330 e. The van der Waals surface area contributed by atoms with Crippen LogP contribution in [0, 0.1) is 11.8 Å². The van der Waals surface area contributed by atoms with E-state index in [9.17, 15) is 33.6 Å². The summed E-state index contributed by atoms with van der Waals surface area (Å²) in [6, 6.07) is -3.67. The molecule has 6 N–H and O–H groups in total. The van der Waals surface area contributed by atoms with Gasteiger partial charge in [-0.3, -0.25) is 29.4 Å². The predicted molar refractivity (Wildman–Crippen MR) is 139 cm³/mol. The Morgan fingerprint density at radius 2 is 1.31 bits per heavy atom. The van der Waals surface area contributed by atoms with Crippen LogP contribution in [0.3, 0.4) is 0 Å². The fraction of sp³-hybridized carbons (Fsp3) is 0.720. The van der Waals surface area contributed by atoms with E-state index < -0.39 is 71.3 Å². The first kappa shape index (κ1) is 35.3. The topological polar surface area (TPSA) is 212 Å². The number of urea groups is 1. The molecule has 39 heavy (non-hydrogen) atoms. The molecule has 14 heteroatoms. The van der Waals surface area contributed by atoms with Crippen LogP contribution in [0.2, 0.25) is 0 Å². The molecular formula is C25H43N5O9. The number of nitrogens with one attached hydrogen (secondary N) is 4. The highest BCUT2D eigenvalue weighted by molar-refractivity contribution is 6.02. The van der Waals surface area contributed by atoms with E-state index in [1.807, 2.05) is 10.9 Å². The van der Waals surface area contributed by atoms with E-state index in [4.69, 9.17) is 15.2 Å². The van der Waals surface area contributed by atoms with Gasteiger partial charge in [0.15, 0.2) is 0 Å². The van der Waals surface area contributed by atoms with Gasteiger partial charge < -0.3 is 30.6 Å². The third-order valence-corrected chi connectivity index (χ3v) is 4.64. The van der Waals surface area contributed by atoms with E-state index >= 15 is 0 Å². The highest BCUT2D eigenvalue weighted by Gasteiger charge is 2.33. The van der Waals surface area contributed by atoms with Crippen LogP contribution in [0.4, 0.5) is 4.79 Å². The predicted octanol–water partition coefficient (Wildman–Crippen LogP) is 0.370. The molecule has 0 rings (SSSR count). The second-order valence-corrected chi connectivity index (χ2v) is 11.4. The van der Waals surface area contributed by atoms with Crippen LogP contribution >= 0.6 is 0 Å². The van der Waals surface area contributed by atoms with Crippen molar-refractivity contribution >= 4 is 42.0 Å². The quantitative estimate of drug-likeness (QED) is 0.0914. The summed E-state index contributed by atoms with van der Waals surface area (Å²) in [7, 11) is 0. The molecule has 222 valence electrons. The van der Waals surface area contributed by atoms with Gasteiger partial charge in [0.05, 0.1) is 12.5 Å². The number of amides is 5. The van der Waals surface area contributed by atoms with Crippen molar-refractivity contribution in [1.29, 1.82) is 0 Å². The number of carbonyl (C=O) groups excluding carboxylic acids is 7. The summed E-state index contributed by atoms with van der Waals surface area (Å²) in [6.07, 6.45) is -0.536. The molecule has 0 aliphatic rings. The number of esters is 2. The SMILES string of the molecule is CC(C)CC(C(=O)NC(C=O)CC(=O)OC(C)(C)C)C(=O)NC(CCC(=O)OC(C)(C)C)C(=O)NNC(N)=O. The zero-order valence-corrected chi connectivity index (χ0v) is 24.0. The van der Waals surface area contributed by atoms with Gasteiger partial charge >= 0.3 is 18.0 Å². The van der Waals surface area contributed by atoms with Gasteiger partial charge in [0.1, 0.15) is 29.4 Å². The molecule has 0 aromatic heterocycles. The highest BCUT2D eigenvalue weighted by atomic mass is 16.6. The van der Waals surface area contributed by atoms with Crippen molar-refractivity contribution < 1.29 is 43.0 Å². The Morgan fingerprint density at radius 3 is 1.77 bits per heavy atom. The second-order valence-electron chi connectivity index (χ2n) is 11.4. The molecule has 0 radical (unpaired) electrons. The fourth-order valence-electron chi connectivity index (χ4n) is 3.19. The van der Waals surface area contributed by atoms with Crippen molar-refractivity contribution in [1.82, 2.24) is 21.5 Å². The van der Waals surface area contributed by atoms with Gasteiger partial charge in [-0.25, -0.2) is 10.2 Å². The minimum Gasteiger partial charge on any atom is -0.460 e. The minimum absolute atomic E-state index is 0.0373. The maximum Gasteiger partial charge on any atom is 0.330 e. The van der Waals surface area contributed by atoms with E-state index in [0.717, 1.165) is 0 Å². The van der Waals surface area contributed by atoms with Crippen LogP contribution < -0.4 is 27.2 Å². The molecule has 0 bridgehead atoms. The van der Waals surface area contributed by atoms with Gasteiger partial charge in [-0.05, 0) is 60.3 Å². The number of rotatable bonds is 13. The van der Waals surface area contributed by atoms with E-state index in [0.29, 0.717) is 6.29 Å². The molecule has 0 aliphatic heterocycles. The molecular weight excluding hydrogens is 514 g/mol. The first-order chi connectivity index (χ1) is 17.7. The van der Waals surface area contributed by atoms with Crippen molar-refractivity contribution in [3.8, 4) is 0 Å². The Kier molecular flexibility index (Phi) is 14.2. The molecule has 3 atom stereocenters. The summed E-state index contributed by atoms with van der Waals surface area (Å²) >= 11 is 0. The Bertz CT molecular complexity index is 907. The van der Waals surface area contributed by atoms with Crippen molar-refractivity contribution in [3.05, 3.63) is 0 Å². The van der Waals surface area contributed by atoms with E-state index in [-0.39, 0.29) is 25.2 Å². The summed E-state index contributed by atoms with van der Waals surface area (Å²) in [6.45, 7) is 13.5. The number of ether oxygens (including phenoxy) is 2. The number of hydrogen-bond acceptors (Lipinski definition) is 9. The summed E-state index contributed by atoms with van der Waals surface area (Å²) in [5, 5.41) is 4.79. The van der Waals surface area contributed by atoms with Crippen LogP contribution in [0.15, 0.2) is 0 Å². The van der Waals surface area contributed by atoms with Gasteiger partial charge in [-0.2, -0.15) is 0 Å². The lowest BCUT2D eigenvalue weighted by Crippen LogP contribution is -2.55. The summed E-state index contributed by atoms with van der Waals surface area (Å²) < 4.78 is 10.4. The molecule has 0 saturated heterocycles. The van der Waals surface area contributed by atoms with Gasteiger partial charge in [0, 0.05) is 6.42 Å². The number of nitrogens with two attached hydrogens (primary N) is 1. The van der Waals surface area contributed by atoms with Crippen molar-refractivity contribution in [2.24, 2.45) is 17.6 Å². The molecule has 0 saturated carbocycles. The Labute approximate surface area is 228 Å². The highest BCUT2D eigenvalue weighted by Crippen LogP contribution is 2.16. The average molecular weight is 558 g/mol. The number of hydrazine groups is 1. The third-order valence-electron chi connectivity index (χ3n) is 4.64. The molecule has 0 heterocycles. The standard InChI is InChI=1S/C25H43N5O9/c1-14(2)11-16(20(34)27-15(13-31)12-19(33)39-25(6,7)8)21(35)28-17(22(36)29-30-23(26)37)9-10-18(32)38-24(3,4)5/h13-17H,9-12H2,1-8H3,(H,27,34)(H,28,35)(H,29,36)(H3,26,30,37). The molecule has 0 aliphatic carbocycles. The van der Waals surface area contributed by atoms with E-state index in [1.54, 1.807) is 55.4 Å². The van der Waals surface area contributed by atoms with Crippen LogP contribution in [0.5, 0.6) is 0 Å². The van der Waals surface area contributed by atoms with E-state index in [1.165, 1.54) is 0 Å². The normalized spacial score (nSPS) is 13.8. The number of primary amides is 1. The Balaban J connectivity index is 5.67. The fourth-order valence-corrected chi connectivity index (χ4v) is 3.19. The summed E-state index contributed by atoms with van der Waals surface area (Å²) in [5.41, 5.74) is 7.30. The zero-order chi connectivity index (χ0) is 30.6. The molecule has 0 fully saturated rings. The summed E-state index contributed by atoms with van der Waals surface area (Å²) in [5.74, 6) is -5.47. The van der Waals surface area contributed by atoms with Crippen molar-refractivity contribution in [2.45, 2.75) is 104 Å². The van der Waals surface area contributed by atoms with Gasteiger partial charge in [0.2, 0.25) is 11.8 Å². The first-order valence-corrected chi connectivity index (χ1v) is 12.6. The number of aldehydes is 1. The number of carbonyl (C=O) groups is 7. The second kappa shape index (κ2) is 15.6. The molecule has 0 aromatic carbocycles. The molecule has 0 spiro atoms. The first-order valence-electron chi connectivity index (χ1n) is 12.6. The van der Waals surface area contributed by atoms with Gasteiger partial charge in [-0.1, -0.05) is 13.8 Å². The largest absolute Gasteiger partial charge is 0.460 e. The van der Waals surface area contributed by atoms with Crippen molar-refractivity contribution in [2.75, 3.05) is 0 Å². The lowest BCUT2D eigenvalue weighted by Gasteiger charge is -2.25. The monoisotopic (exact) mass is 557 g/mol.